The number of halogens is 3. The molecular weight excluding hydrogens is 277 g/mol. The Bertz CT molecular complexity index is 292. The second-order valence-electron chi connectivity index (χ2n) is 6.82. The third-order valence-corrected chi connectivity index (χ3v) is 4.77. The van der Waals surface area contributed by atoms with E-state index in [4.69, 9.17) is 0 Å². The van der Waals surface area contributed by atoms with Crippen LogP contribution in [0.1, 0.15) is 46.5 Å². The van der Waals surface area contributed by atoms with Crippen molar-refractivity contribution >= 4 is 0 Å². The van der Waals surface area contributed by atoms with Crippen molar-refractivity contribution in [2.45, 2.75) is 58.7 Å². The number of rotatable bonds is 7. The van der Waals surface area contributed by atoms with Crippen molar-refractivity contribution in [2.24, 2.45) is 17.8 Å². The highest BCUT2D eigenvalue weighted by atomic mass is 19.4. The third-order valence-electron chi connectivity index (χ3n) is 4.77. The van der Waals surface area contributed by atoms with E-state index in [1.807, 2.05) is 14.0 Å². The molecule has 21 heavy (non-hydrogen) atoms. The summed E-state index contributed by atoms with van der Waals surface area (Å²) in [6, 6.07) is 0.354. The van der Waals surface area contributed by atoms with Crippen molar-refractivity contribution < 1.29 is 13.2 Å². The van der Waals surface area contributed by atoms with Crippen LogP contribution in [0.2, 0.25) is 0 Å². The molecule has 0 aromatic carbocycles. The van der Waals surface area contributed by atoms with E-state index in [9.17, 15) is 13.2 Å². The van der Waals surface area contributed by atoms with Crippen LogP contribution in [-0.4, -0.2) is 43.8 Å². The lowest BCUT2D eigenvalue weighted by Crippen LogP contribution is -2.47. The summed E-state index contributed by atoms with van der Waals surface area (Å²) in [6.45, 7) is 6.69. The predicted molar refractivity (Wildman–Crippen MR) is 81.3 cm³/mol. The van der Waals surface area contributed by atoms with Gasteiger partial charge in [0, 0.05) is 12.6 Å². The first-order chi connectivity index (χ1) is 9.76. The zero-order valence-corrected chi connectivity index (χ0v) is 13.8. The first kappa shape index (κ1) is 18.8. The molecule has 0 spiro atoms. The summed E-state index contributed by atoms with van der Waals surface area (Å²) in [5.74, 6) is 1.59. The molecule has 3 unspecified atom stereocenters. The fraction of sp³-hybridized carbons (Fsp3) is 1.00. The molecule has 1 saturated carbocycles. The summed E-state index contributed by atoms with van der Waals surface area (Å²) in [5, 5.41) is 3.32. The molecule has 0 aromatic heterocycles. The summed E-state index contributed by atoms with van der Waals surface area (Å²) in [4.78, 5) is 1.59. The van der Waals surface area contributed by atoms with Gasteiger partial charge in [0.1, 0.15) is 0 Å². The Hall–Kier alpha value is -0.290. The summed E-state index contributed by atoms with van der Waals surface area (Å²) in [5.41, 5.74) is 0. The lowest BCUT2D eigenvalue weighted by molar-refractivity contribution is -0.148. The number of nitrogens with zero attached hydrogens (tertiary/aromatic N) is 1. The molecule has 126 valence electrons. The number of hydrogen-bond acceptors (Lipinski definition) is 2. The zero-order valence-electron chi connectivity index (χ0n) is 13.8. The molecule has 3 atom stereocenters. The minimum absolute atomic E-state index is 0.324. The molecule has 1 aliphatic rings. The molecule has 2 nitrogen and oxygen atoms in total. The molecule has 1 aliphatic carbocycles. The summed E-state index contributed by atoms with van der Waals surface area (Å²) in [6.07, 6.45) is -0.0268. The van der Waals surface area contributed by atoms with Crippen LogP contribution >= 0.6 is 0 Å². The predicted octanol–water partition coefficient (Wildman–Crippen LogP) is 3.92. The van der Waals surface area contributed by atoms with Gasteiger partial charge in [-0.05, 0) is 57.0 Å². The minimum Gasteiger partial charge on any atom is -0.317 e. The molecule has 0 heterocycles. The Morgan fingerprint density at radius 3 is 2.38 bits per heavy atom. The SMILES string of the molecule is CCCN(CC1CC(C(C)C)CCC1NC)CC(F)(F)F. The highest BCUT2D eigenvalue weighted by Gasteiger charge is 2.35. The lowest BCUT2D eigenvalue weighted by Gasteiger charge is -2.40. The fourth-order valence-corrected chi connectivity index (χ4v) is 3.62. The summed E-state index contributed by atoms with van der Waals surface area (Å²) in [7, 11) is 1.93. The summed E-state index contributed by atoms with van der Waals surface area (Å²) < 4.78 is 38.1. The normalized spacial score (nSPS) is 27.6. The van der Waals surface area contributed by atoms with Crippen LogP contribution in [0.4, 0.5) is 13.2 Å². The number of hydrogen-bond donors (Lipinski definition) is 1. The van der Waals surface area contributed by atoms with Gasteiger partial charge in [0.25, 0.3) is 0 Å². The maximum absolute atomic E-state index is 12.7. The third kappa shape index (κ3) is 6.55. The fourth-order valence-electron chi connectivity index (χ4n) is 3.62. The smallest absolute Gasteiger partial charge is 0.317 e. The molecule has 0 aliphatic heterocycles. The highest BCUT2D eigenvalue weighted by Crippen LogP contribution is 2.34. The monoisotopic (exact) mass is 308 g/mol. The van der Waals surface area contributed by atoms with Gasteiger partial charge in [-0.2, -0.15) is 13.2 Å². The van der Waals surface area contributed by atoms with Crippen molar-refractivity contribution in [1.29, 1.82) is 0 Å². The molecule has 5 heteroatoms. The van der Waals surface area contributed by atoms with E-state index in [0.29, 0.717) is 36.9 Å². The molecule has 1 rings (SSSR count). The van der Waals surface area contributed by atoms with E-state index in [0.717, 1.165) is 19.3 Å². The van der Waals surface area contributed by atoms with Crippen molar-refractivity contribution in [3.8, 4) is 0 Å². The van der Waals surface area contributed by atoms with Gasteiger partial charge in [0.05, 0.1) is 6.54 Å². The molecule has 0 amide bonds. The maximum Gasteiger partial charge on any atom is 0.401 e. The first-order valence-electron chi connectivity index (χ1n) is 8.23. The van der Waals surface area contributed by atoms with Gasteiger partial charge in [-0.15, -0.1) is 0 Å². The molecule has 1 fully saturated rings. The summed E-state index contributed by atoms with van der Waals surface area (Å²) >= 11 is 0. The van der Waals surface area contributed by atoms with Gasteiger partial charge < -0.3 is 5.32 Å². The van der Waals surface area contributed by atoms with Gasteiger partial charge in [0.15, 0.2) is 0 Å². The molecule has 0 radical (unpaired) electrons. The zero-order chi connectivity index (χ0) is 16.0. The quantitative estimate of drug-likeness (QED) is 0.767. The van der Waals surface area contributed by atoms with E-state index in [2.05, 4.69) is 19.2 Å². The van der Waals surface area contributed by atoms with Crippen LogP contribution in [0.3, 0.4) is 0 Å². The van der Waals surface area contributed by atoms with Crippen LogP contribution in [0.5, 0.6) is 0 Å². The molecule has 0 saturated heterocycles. The minimum atomic E-state index is -4.10. The van der Waals surface area contributed by atoms with E-state index >= 15 is 0 Å². The molecule has 1 N–H and O–H groups in total. The van der Waals surface area contributed by atoms with Gasteiger partial charge >= 0.3 is 6.18 Å². The number of alkyl halides is 3. The molecular formula is C16H31F3N2. The average Bonchev–Trinajstić information content (AvgIpc) is 2.36. The Morgan fingerprint density at radius 1 is 1.24 bits per heavy atom. The number of nitrogens with one attached hydrogen (secondary N) is 1. The first-order valence-corrected chi connectivity index (χ1v) is 8.23. The average molecular weight is 308 g/mol. The standard InChI is InChI=1S/C16H31F3N2/c1-5-8-21(11-16(17,18)19)10-14-9-13(12(2)3)6-7-15(14)20-4/h12-15,20H,5-11H2,1-4H3. The van der Waals surface area contributed by atoms with Crippen LogP contribution < -0.4 is 5.32 Å². The lowest BCUT2D eigenvalue weighted by atomic mass is 9.73. The van der Waals surface area contributed by atoms with E-state index in [1.165, 1.54) is 6.42 Å². The van der Waals surface area contributed by atoms with Crippen LogP contribution in [0.25, 0.3) is 0 Å². The van der Waals surface area contributed by atoms with Crippen LogP contribution in [0, 0.1) is 17.8 Å². The van der Waals surface area contributed by atoms with Gasteiger partial charge in [-0.25, -0.2) is 0 Å². The topological polar surface area (TPSA) is 15.3 Å². The Labute approximate surface area is 127 Å². The van der Waals surface area contributed by atoms with Crippen molar-refractivity contribution in [3.63, 3.8) is 0 Å². The van der Waals surface area contributed by atoms with E-state index in [1.54, 1.807) is 4.90 Å². The highest BCUT2D eigenvalue weighted by molar-refractivity contribution is 4.87. The Kier molecular flexibility index (Phi) is 7.48. The van der Waals surface area contributed by atoms with E-state index in [-0.39, 0.29) is 0 Å². The second-order valence-corrected chi connectivity index (χ2v) is 6.82. The maximum atomic E-state index is 12.7. The van der Waals surface area contributed by atoms with Crippen molar-refractivity contribution in [3.05, 3.63) is 0 Å². The van der Waals surface area contributed by atoms with Crippen molar-refractivity contribution in [2.75, 3.05) is 26.7 Å². The van der Waals surface area contributed by atoms with Crippen LogP contribution in [-0.2, 0) is 0 Å². The van der Waals surface area contributed by atoms with Gasteiger partial charge in [0.2, 0.25) is 0 Å². The molecule has 0 bridgehead atoms. The second kappa shape index (κ2) is 8.37. The van der Waals surface area contributed by atoms with E-state index < -0.39 is 12.7 Å². The largest absolute Gasteiger partial charge is 0.401 e. The molecule has 0 aromatic rings. The van der Waals surface area contributed by atoms with Crippen molar-refractivity contribution in [1.82, 2.24) is 10.2 Å². The Morgan fingerprint density at radius 2 is 1.90 bits per heavy atom. The van der Waals surface area contributed by atoms with Gasteiger partial charge in [-0.1, -0.05) is 20.8 Å². The Balaban J connectivity index is 2.67. The van der Waals surface area contributed by atoms with Crippen LogP contribution in [0.15, 0.2) is 0 Å². The van der Waals surface area contributed by atoms with Gasteiger partial charge in [-0.3, -0.25) is 4.90 Å².